The molecule has 0 unspecified atom stereocenters. The lowest BCUT2D eigenvalue weighted by atomic mass is 10.4. The second kappa shape index (κ2) is 3.63. The summed E-state index contributed by atoms with van der Waals surface area (Å²) in [5, 5.41) is 0. The molecule has 0 aliphatic carbocycles. The minimum absolute atomic E-state index is 0.102. The molecule has 0 N–H and O–H groups in total. The fraction of sp³-hybridized carbons (Fsp3) is 0.222. The lowest BCUT2D eigenvalue weighted by Crippen LogP contribution is -2.01. The molecule has 5 nitrogen and oxygen atoms in total. The van der Waals surface area contributed by atoms with Gasteiger partial charge in [0.05, 0.1) is 6.26 Å². The number of hydrogen-bond donors (Lipinski definition) is 0. The third kappa shape index (κ3) is 2.54. The number of pyridine rings is 1. The van der Waals surface area contributed by atoms with Crippen LogP contribution >= 0.6 is 0 Å². The standard InChI is InChI=1S/C9H9NO4S/c1-15(11,12)13-6-7-5-8-9(14-7)3-2-4-10-8/h2-5H,6H2,1H3. The molecule has 0 atom stereocenters. The fourth-order valence-corrected chi connectivity index (χ4v) is 1.49. The normalized spacial score (nSPS) is 12.1. The number of fused-ring (bicyclic) bond motifs is 1. The van der Waals surface area contributed by atoms with E-state index >= 15 is 0 Å². The predicted molar refractivity (Wildman–Crippen MR) is 53.6 cm³/mol. The highest BCUT2D eigenvalue weighted by Crippen LogP contribution is 2.17. The van der Waals surface area contributed by atoms with Crippen LogP contribution in [0.15, 0.2) is 28.8 Å². The molecule has 80 valence electrons. The first-order valence-corrected chi connectivity index (χ1v) is 6.04. The zero-order chi connectivity index (χ0) is 10.9. The third-order valence-electron chi connectivity index (χ3n) is 1.75. The maximum atomic E-state index is 10.7. The molecule has 0 spiro atoms. The summed E-state index contributed by atoms with van der Waals surface area (Å²) in [5.41, 5.74) is 1.30. The summed E-state index contributed by atoms with van der Waals surface area (Å²) in [7, 11) is -3.44. The van der Waals surface area contributed by atoms with Crippen molar-refractivity contribution < 1.29 is 17.0 Å². The number of rotatable bonds is 3. The van der Waals surface area contributed by atoms with E-state index in [2.05, 4.69) is 9.17 Å². The molecule has 2 rings (SSSR count). The molecule has 0 bridgehead atoms. The molecule has 2 aromatic heterocycles. The highest BCUT2D eigenvalue weighted by atomic mass is 32.2. The second-order valence-electron chi connectivity index (χ2n) is 3.07. The monoisotopic (exact) mass is 227 g/mol. The lowest BCUT2D eigenvalue weighted by molar-refractivity contribution is 0.281. The quantitative estimate of drug-likeness (QED) is 0.739. The summed E-state index contributed by atoms with van der Waals surface area (Å²) in [6.07, 6.45) is 2.63. The Morgan fingerprint density at radius 1 is 1.53 bits per heavy atom. The van der Waals surface area contributed by atoms with Gasteiger partial charge >= 0.3 is 0 Å². The topological polar surface area (TPSA) is 69.4 Å². The van der Waals surface area contributed by atoms with Crippen LogP contribution in [0.4, 0.5) is 0 Å². The van der Waals surface area contributed by atoms with E-state index in [9.17, 15) is 8.42 Å². The van der Waals surface area contributed by atoms with Gasteiger partial charge in [-0.25, -0.2) is 0 Å². The van der Waals surface area contributed by atoms with E-state index in [-0.39, 0.29) is 6.61 Å². The molecule has 0 fully saturated rings. The van der Waals surface area contributed by atoms with Gasteiger partial charge in [0.2, 0.25) is 0 Å². The number of hydrogen-bond acceptors (Lipinski definition) is 5. The average Bonchev–Trinajstić information content (AvgIpc) is 2.56. The van der Waals surface area contributed by atoms with Crippen molar-refractivity contribution in [3.63, 3.8) is 0 Å². The maximum absolute atomic E-state index is 10.7. The van der Waals surface area contributed by atoms with Gasteiger partial charge in [-0.15, -0.1) is 0 Å². The molecule has 0 amide bonds. The molecule has 0 saturated carbocycles. The van der Waals surface area contributed by atoms with Crippen LogP contribution < -0.4 is 0 Å². The van der Waals surface area contributed by atoms with E-state index in [1.807, 2.05) is 0 Å². The van der Waals surface area contributed by atoms with Crippen LogP contribution in [0.5, 0.6) is 0 Å². The van der Waals surface area contributed by atoms with Crippen LogP contribution in [0.25, 0.3) is 11.1 Å². The summed E-state index contributed by atoms with van der Waals surface area (Å²) in [5.74, 6) is 0.439. The molecule has 0 saturated heterocycles. The Morgan fingerprint density at radius 2 is 2.33 bits per heavy atom. The van der Waals surface area contributed by atoms with Crippen molar-refractivity contribution in [2.75, 3.05) is 6.26 Å². The number of aromatic nitrogens is 1. The third-order valence-corrected chi connectivity index (χ3v) is 2.30. The molecule has 0 aromatic carbocycles. The summed E-state index contributed by atoms with van der Waals surface area (Å²) in [6.45, 7) is -0.102. The maximum Gasteiger partial charge on any atom is 0.264 e. The molecule has 2 heterocycles. The van der Waals surface area contributed by atoms with Gasteiger partial charge in [-0.2, -0.15) is 8.42 Å². The Balaban J connectivity index is 2.23. The Hall–Kier alpha value is -1.40. The van der Waals surface area contributed by atoms with Crippen LogP contribution in [0.2, 0.25) is 0 Å². The summed E-state index contributed by atoms with van der Waals surface area (Å²) < 4.78 is 31.4. The molecule has 2 aromatic rings. The summed E-state index contributed by atoms with van der Waals surface area (Å²) in [6, 6.07) is 5.15. The zero-order valence-electron chi connectivity index (χ0n) is 8.00. The van der Waals surface area contributed by atoms with Crippen LogP contribution in [0.3, 0.4) is 0 Å². The fourth-order valence-electron chi connectivity index (χ4n) is 1.16. The van der Waals surface area contributed by atoms with Crippen molar-refractivity contribution >= 4 is 21.2 Å². The van der Waals surface area contributed by atoms with Gasteiger partial charge in [0.25, 0.3) is 10.1 Å². The molecule has 0 radical (unpaired) electrons. The minimum Gasteiger partial charge on any atom is -0.457 e. The van der Waals surface area contributed by atoms with Crippen LogP contribution in [0, 0.1) is 0 Å². The Labute approximate surface area is 86.8 Å². The van der Waals surface area contributed by atoms with Crippen molar-refractivity contribution in [1.29, 1.82) is 0 Å². The van der Waals surface area contributed by atoms with E-state index in [0.717, 1.165) is 6.26 Å². The summed E-state index contributed by atoms with van der Waals surface area (Å²) >= 11 is 0. The van der Waals surface area contributed by atoms with Gasteiger partial charge in [-0.3, -0.25) is 9.17 Å². The number of furan rings is 1. The minimum atomic E-state index is -3.44. The van der Waals surface area contributed by atoms with Crippen molar-refractivity contribution in [2.45, 2.75) is 6.61 Å². The van der Waals surface area contributed by atoms with E-state index in [1.54, 1.807) is 24.4 Å². The molecular formula is C9H9NO4S. The first-order valence-electron chi connectivity index (χ1n) is 4.22. The van der Waals surface area contributed by atoms with Crippen LogP contribution in [-0.4, -0.2) is 19.7 Å². The van der Waals surface area contributed by atoms with E-state index < -0.39 is 10.1 Å². The lowest BCUT2D eigenvalue weighted by Gasteiger charge is -1.96. The van der Waals surface area contributed by atoms with Gasteiger partial charge in [0.15, 0.2) is 5.58 Å². The van der Waals surface area contributed by atoms with Crippen molar-refractivity contribution in [3.05, 3.63) is 30.2 Å². The second-order valence-corrected chi connectivity index (χ2v) is 4.71. The van der Waals surface area contributed by atoms with Crippen molar-refractivity contribution in [3.8, 4) is 0 Å². The highest BCUT2D eigenvalue weighted by Gasteiger charge is 2.07. The zero-order valence-corrected chi connectivity index (χ0v) is 8.82. The van der Waals surface area contributed by atoms with E-state index in [1.165, 1.54) is 0 Å². The first kappa shape index (κ1) is 10.1. The molecule has 0 aliphatic rings. The van der Waals surface area contributed by atoms with Crippen molar-refractivity contribution in [1.82, 2.24) is 4.98 Å². The predicted octanol–water partition coefficient (Wildman–Crippen LogP) is 1.30. The molecular weight excluding hydrogens is 218 g/mol. The van der Waals surface area contributed by atoms with E-state index in [4.69, 9.17) is 4.42 Å². The van der Waals surface area contributed by atoms with Crippen molar-refractivity contribution in [2.24, 2.45) is 0 Å². The van der Waals surface area contributed by atoms with Crippen LogP contribution in [-0.2, 0) is 20.9 Å². The van der Waals surface area contributed by atoms with E-state index in [0.29, 0.717) is 16.9 Å². The van der Waals surface area contributed by atoms with Gasteiger partial charge in [-0.05, 0) is 12.1 Å². The smallest absolute Gasteiger partial charge is 0.264 e. The molecule has 0 aliphatic heterocycles. The SMILES string of the molecule is CS(=O)(=O)OCc1cc2ncccc2o1. The largest absolute Gasteiger partial charge is 0.457 e. The van der Waals surface area contributed by atoms with Gasteiger partial charge in [-0.1, -0.05) is 0 Å². The van der Waals surface area contributed by atoms with Gasteiger partial charge in [0, 0.05) is 12.3 Å². The number of nitrogens with zero attached hydrogens (tertiary/aromatic N) is 1. The Kier molecular flexibility index (Phi) is 2.45. The Morgan fingerprint density at radius 3 is 3.00 bits per heavy atom. The average molecular weight is 227 g/mol. The van der Waals surface area contributed by atoms with Gasteiger partial charge < -0.3 is 4.42 Å². The molecule has 15 heavy (non-hydrogen) atoms. The Bertz CT molecular complexity index is 540. The molecule has 6 heteroatoms. The summed E-state index contributed by atoms with van der Waals surface area (Å²) in [4.78, 5) is 4.05. The van der Waals surface area contributed by atoms with Crippen LogP contribution in [0.1, 0.15) is 5.76 Å². The van der Waals surface area contributed by atoms with Gasteiger partial charge in [0.1, 0.15) is 17.9 Å². The first-order chi connectivity index (χ1) is 7.04. The highest BCUT2D eigenvalue weighted by molar-refractivity contribution is 7.85.